The zero-order chi connectivity index (χ0) is 29.9. The molecule has 226 valence electrons. The third-order valence-corrected chi connectivity index (χ3v) is 10.3. The maximum absolute atomic E-state index is 14.1. The number of carbonyl (C=O) groups is 2. The summed E-state index contributed by atoms with van der Waals surface area (Å²) >= 11 is 6.21. The smallest absolute Gasteiger partial charge is 0.233 e. The average molecular weight is 602 g/mol. The number of benzene rings is 3. The fraction of sp³-hybridized carbons (Fsp3) is 0.444. The molecule has 2 heterocycles. The number of piperidine rings is 2. The van der Waals surface area contributed by atoms with Gasteiger partial charge in [-0.1, -0.05) is 66.2 Å². The van der Waals surface area contributed by atoms with Crippen LogP contribution in [-0.2, 0) is 26.8 Å². The van der Waals surface area contributed by atoms with E-state index in [1.54, 1.807) is 12.1 Å². The van der Waals surface area contributed by atoms with E-state index in [1.807, 2.05) is 42.5 Å². The normalized spacial score (nSPS) is 23.5. The number of amides is 2. The van der Waals surface area contributed by atoms with Gasteiger partial charge in [0, 0.05) is 31.2 Å². The van der Waals surface area contributed by atoms with E-state index < -0.39 is 10.8 Å². The van der Waals surface area contributed by atoms with E-state index in [4.69, 9.17) is 11.6 Å². The van der Waals surface area contributed by atoms with Gasteiger partial charge in [-0.15, -0.1) is 0 Å². The Labute approximate surface area is 259 Å². The first-order valence-electron chi connectivity index (χ1n) is 15.8. The first-order chi connectivity index (χ1) is 20.9. The maximum atomic E-state index is 14.1. The van der Waals surface area contributed by atoms with E-state index >= 15 is 0 Å². The van der Waals surface area contributed by atoms with Crippen molar-refractivity contribution in [1.82, 2.24) is 15.1 Å². The summed E-state index contributed by atoms with van der Waals surface area (Å²) in [5.41, 5.74) is 2.04. The number of nitrogens with one attached hydrogen (secondary N) is 1. The highest BCUT2D eigenvalue weighted by Crippen LogP contribution is 2.55. The van der Waals surface area contributed by atoms with Crippen LogP contribution in [0.3, 0.4) is 0 Å². The molecular weight excluding hydrogens is 561 g/mol. The van der Waals surface area contributed by atoms with Crippen molar-refractivity contribution < 1.29 is 14.0 Å². The van der Waals surface area contributed by atoms with Crippen LogP contribution in [0, 0.1) is 11.7 Å². The minimum absolute atomic E-state index is 0.0397. The molecule has 7 heteroatoms. The fourth-order valence-corrected chi connectivity index (χ4v) is 7.53. The monoisotopic (exact) mass is 601 g/mol. The highest BCUT2D eigenvalue weighted by molar-refractivity contribution is 6.30. The van der Waals surface area contributed by atoms with Gasteiger partial charge in [-0.25, -0.2) is 4.39 Å². The Balaban J connectivity index is 1.14. The zero-order valence-corrected chi connectivity index (χ0v) is 25.5. The van der Waals surface area contributed by atoms with Crippen molar-refractivity contribution in [3.05, 3.63) is 106 Å². The van der Waals surface area contributed by atoms with Gasteiger partial charge in [-0.05, 0) is 105 Å². The largest absolute Gasteiger partial charge is 0.355 e. The van der Waals surface area contributed by atoms with Crippen LogP contribution in [0.15, 0.2) is 78.9 Å². The predicted molar refractivity (Wildman–Crippen MR) is 169 cm³/mol. The molecule has 2 unspecified atom stereocenters. The third kappa shape index (κ3) is 6.23. The molecule has 2 amide bonds. The second-order valence-corrected chi connectivity index (χ2v) is 13.0. The number of hydrogen-bond donors (Lipinski definition) is 1. The molecule has 3 aromatic carbocycles. The summed E-state index contributed by atoms with van der Waals surface area (Å²) in [5.74, 6) is 0.254. The van der Waals surface area contributed by atoms with Gasteiger partial charge in [0.15, 0.2) is 0 Å². The summed E-state index contributed by atoms with van der Waals surface area (Å²) in [6, 6.07) is 24.5. The van der Waals surface area contributed by atoms with Crippen LogP contribution in [0.5, 0.6) is 0 Å². The molecule has 0 spiro atoms. The SMILES string of the molecule is O=C(N1CCCCC1)C1(c2ccccc2)CCN(CC2CC2(C(=O)NCCc2ccc(F)cc2)c2ccc(Cl)cc2)CC1. The Morgan fingerprint density at radius 3 is 2.19 bits per heavy atom. The Bertz CT molecular complexity index is 1400. The molecule has 3 aliphatic rings. The van der Waals surface area contributed by atoms with E-state index in [1.165, 1.54) is 18.6 Å². The van der Waals surface area contributed by atoms with E-state index in [0.717, 1.165) is 81.5 Å². The third-order valence-electron chi connectivity index (χ3n) is 10.0. The molecule has 6 rings (SSSR count). The second-order valence-electron chi connectivity index (χ2n) is 12.6. The van der Waals surface area contributed by atoms with E-state index in [2.05, 4.69) is 27.2 Å². The quantitative estimate of drug-likeness (QED) is 0.320. The second kappa shape index (κ2) is 12.8. The number of carbonyl (C=O) groups excluding carboxylic acids is 2. The van der Waals surface area contributed by atoms with Crippen LogP contribution >= 0.6 is 11.6 Å². The highest BCUT2D eigenvalue weighted by Gasteiger charge is 2.61. The summed E-state index contributed by atoms with van der Waals surface area (Å²) < 4.78 is 13.3. The maximum Gasteiger partial charge on any atom is 0.233 e. The van der Waals surface area contributed by atoms with Gasteiger partial charge >= 0.3 is 0 Å². The van der Waals surface area contributed by atoms with Crippen LogP contribution in [0.4, 0.5) is 4.39 Å². The van der Waals surface area contributed by atoms with Crippen LogP contribution in [0.2, 0.25) is 5.02 Å². The van der Waals surface area contributed by atoms with E-state index in [-0.39, 0.29) is 17.6 Å². The van der Waals surface area contributed by atoms with E-state index in [9.17, 15) is 14.0 Å². The molecule has 43 heavy (non-hydrogen) atoms. The molecule has 1 N–H and O–H groups in total. The molecule has 0 bridgehead atoms. The van der Waals surface area contributed by atoms with Crippen LogP contribution in [-0.4, -0.2) is 60.9 Å². The van der Waals surface area contributed by atoms with Gasteiger partial charge in [0.2, 0.25) is 11.8 Å². The standard InChI is InChI=1S/C36H41ClFN3O2/c37-31-13-11-29(12-14-31)36(33(42)39-20-17-27-9-15-32(38)16-10-27)25-30(36)26-40-23-18-35(19-24-40,28-7-3-1-4-8-28)34(43)41-21-5-2-6-22-41/h1,3-4,7-16,30H,2,5-6,17-26H2,(H,39,42). The van der Waals surface area contributed by atoms with Gasteiger partial charge in [0.1, 0.15) is 5.82 Å². The molecule has 0 aromatic heterocycles. The molecule has 1 saturated carbocycles. The Morgan fingerprint density at radius 1 is 0.837 bits per heavy atom. The summed E-state index contributed by atoms with van der Waals surface area (Å²) in [7, 11) is 0. The lowest BCUT2D eigenvalue weighted by Crippen LogP contribution is -2.54. The molecule has 2 aliphatic heterocycles. The number of likely N-dealkylation sites (tertiary alicyclic amines) is 2. The van der Waals surface area contributed by atoms with Crippen molar-refractivity contribution in [3.8, 4) is 0 Å². The van der Waals surface area contributed by atoms with Crippen LogP contribution in [0.25, 0.3) is 0 Å². The summed E-state index contributed by atoms with van der Waals surface area (Å²) in [6.45, 7) is 4.69. The Morgan fingerprint density at radius 2 is 1.51 bits per heavy atom. The van der Waals surface area contributed by atoms with Gasteiger partial charge in [0.05, 0.1) is 10.8 Å². The molecule has 2 atom stereocenters. The number of rotatable bonds is 9. The van der Waals surface area contributed by atoms with Crippen LogP contribution < -0.4 is 5.32 Å². The summed E-state index contributed by atoms with van der Waals surface area (Å²) in [4.78, 5) is 32.4. The Hall–Kier alpha value is -3.22. The first-order valence-corrected chi connectivity index (χ1v) is 16.1. The predicted octanol–water partition coefficient (Wildman–Crippen LogP) is 6.14. The molecule has 3 aromatic rings. The number of hydrogen-bond acceptors (Lipinski definition) is 3. The number of nitrogens with zero attached hydrogens (tertiary/aromatic N) is 2. The molecule has 0 radical (unpaired) electrons. The number of halogens is 2. The van der Waals surface area contributed by atoms with Gasteiger partial charge < -0.3 is 15.1 Å². The van der Waals surface area contributed by atoms with Crippen molar-refractivity contribution in [3.63, 3.8) is 0 Å². The van der Waals surface area contributed by atoms with Gasteiger partial charge in [-0.3, -0.25) is 9.59 Å². The molecular formula is C36H41ClFN3O2. The molecule has 3 fully saturated rings. The average Bonchev–Trinajstić information content (AvgIpc) is 3.78. The lowest BCUT2D eigenvalue weighted by atomic mass is 9.71. The van der Waals surface area contributed by atoms with Crippen LogP contribution in [0.1, 0.15) is 55.2 Å². The van der Waals surface area contributed by atoms with Gasteiger partial charge in [-0.2, -0.15) is 0 Å². The fourth-order valence-electron chi connectivity index (χ4n) is 7.40. The van der Waals surface area contributed by atoms with Crippen molar-refractivity contribution in [2.75, 3.05) is 39.3 Å². The van der Waals surface area contributed by atoms with Crippen molar-refractivity contribution in [2.45, 2.75) is 55.8 Å². The topological polar surface area (TPSA) is 52.7 Å². The molecule has 5 nitrogen and oxygen atoms in total. The lowest BCUT2D eigenvalue weighted by molar-refractivity contribution is -0.140. The highest BCUT2D eigenvalue weighted by atomic mass is 35.5. The first kappa shape index (κ1) is 29.8. The summed E-state index contributed by atoms with van der Waals surface area (Å²) in [6.07, 6.45) is 6.38. The van der Waals surface area contributed by atoms with Crippen molar-refractivity contribution in [2.24, 2.45) is 5.92 Å². The minimum Gasteiger partial charge on any atom is -0.355 e. The Kier molecular flexibility index (Phi) is 8.88. The molecule has 2 saturated heterocycles. The summed E-state index contributed by atoms with van der Waals surface area (Å²) in [5, 5.41) is 3.83. The van der Waals surface area contributed by atoms with Crippen molar-refractivity contribution in [1.29, 1.82) is 0 Å². The molecule has 1 aliphatic carbocycles. The van der Waals surface area contributed by atoms with Crippen molar-refractivity contribution >= 4 is 23.4 Å². The lowest BCUT2D eigenvalue weighted by Gasteiger charge is -2.44. The van der Waals surface area contributed by atoms with Gasteiger partial charge in [0.25, 0.3) is 0 Å². The minimum atomic E-state index is -0.592. The van der Waals surface area contributed by atoms with E-state index in [0.29, 0.717) is 23.9 Å². The zero-order valence-electron chi connectivity index (χ0n) is 24.7.